The molecule has 0 saturated carbocycles. The topological polar surface area (TPSA) is 55.0 Å². The van der Waals surface area contributed by atoms with Crippen LogP contribution in [0.15, 0.2) is 29.1 Å². The number of nitrogens with one attached hydrogen (secondary N) is 1. The van der Waals surface area contributed by atoms with Crippen molar-refractivity contribution >= 4 is 0 Å². The first kappa shape index (κ1) is 13.9. The van der Waals surface area contributed by atoms with E-state index in [-0.39, 0.29) is 11.7 Å². The Balaban J connectivity index is 1.93. The molecule has 3 rings (SSSR count). The Labute approximate surface area is 124 Å². The van der Waals surface area contributed by atoms with E-state index in [1.165, 1.54) is 0 Å². The zero-order chi connectivity index (χ0) is 14.8. The fourth-order valence-electron chi connectivity index (χ4n) is 2.70. The smallest absolute Gasteiger partial charge is 0.254 e. The molecule has 0 amide bonds. The van der Waals surface area contributed by atoms with Crippen LogP contribution in [-0.2, 0) is 12.8 Å². The van der Waals surface area contributed by atoms with Gasteiger partial charge in [0, 0.05) is 11.1 Å². The largest absolute Gasteiger partial charge is 0.491 e. The van der Waals surface area contributed by atoms with Gasteiger partial charge in [-0.3, -0.25) is 4.79 Å². The Morgan fingerprint density at radius 3 is 2.57 bits per heavy atom. The summed E-state index contributed by atoms with van der Waals surface area (Å²) in [4.78, 5) is 19.7. The van der Waals surface area contributed by atoms with Crippen LogP contribution < -0.4 is 10.3 Å². The number of rotatable bonds is 3. The molecule has 1 aromatic carbocycles. The van der Waals surface area contributed by atoms with Crippen LogP contribution >= 0.6 is 0 Å². The second-order valence-corrected chi connectivity index (χ2v) is 5.74. The van der Waals surface area contributed by atoms with Crippen molar-refractivity contribution in [1.82, 2.24) is 9.97 Å². The Bertz CT molecular complexity index is 687. The van der Waals surface area contributed by atoms with Gasteiger partial charge in [0.25, 0.3) is 5.56 Å². The highest BCUT2D eigenvalue weighted by molar-refractivity contribution is 5.56. The molecule has 0 fully saturated rings. The lowest BCUT2D eigenvalue weighted by atomic mass is 9.97. The molecule has 21 heavy (non-hydrogen) atoms. The van der Waals surface area contributed by atoms with Crippen molar-refractivity contribution in [2.24, 2.45) is 0 Å². The van der Waals surface area contributed by atoms with Crippen molar-refractivity contribution in [3.05, 3.63) is 45.9 Å². The molecule has 0 atom stereocenters. The van der Waals surface area contributed by atoms with Gasteiger partial charge in [-0.2, -0.15) is 0 Å². The van der Waals surface area contributed by atoms with Gasteiger partial charge >= 0.3 is 0 Å². The first-order chi connectivity index (χ1) is 10.1. The van der Waals surface area contributed by atoms with Gasteiger partial charge in [0.2, 0.25) is 0 Å². The summed E-state index contributed by atoms with van der Waals surface area (Å²) in [5.74, 6) is 1.48. The molecule has 0 bridgehead atoms. The minimum Gasteiger partial charge on any atom is -0.491 e. The molecule has 1 N–H and O–H groups in total. The number of fused-ring (bicyclic) bond motifs is 1. The van der Waals surface area contributed by atoms with Crippen molar-refractivity contribution in [3.8, 4) is 17.1 Å². The lowest BCUT2D eigenvalue weighted by Crippen LogP contribution is -2.21. The monoisotopic (exact) mass is 284 g/mol. The van der Waals surface area contributed by atoms with E-state index in [9.17, 15) is 4.79 Å². The molecule has 110 valence electrons. The van der Waals surface area contributed by atoms with E-state index in [0.717, 1.165) is 48.3 Å². The van der Waals surface area contributed by atoms with Gasteiger partial charge in [0.1, 0.15) is 11.6 Å². The molecule has 0 aliphatic heterocycles. The summed E-state index contributed by atoms with van der Waals surface area (Å²) >= 11 is 0. The van der Waals surface area contributed by atoms with Crippen LogP contribution in [0.2, 0.25) is 0 Å². The van der Waals surface area contributed by atoms with Gasteiger partial charge in [0.15, 0.2) is 0 Å². The molecule has 0 unspecified atom stereocenters. The maximum atomic E-state index is 12.2. The zero-order valence-corrected chi connectivity index (χ0v) is 12.5. The Morgan fingerprint density at radius 1 is 1.14 bits per heavy atom. The summed E-state index contributed by atoms with van der Waals surface area (Å²) in [5, 5.41) is 0. The van der Waals surface area contributed by atoms with Crippen molar-refractivity contribution in [1.29, 1.82) is 0 Å². The van der Waals surface area contributed by atoms with Crippen LogP contribution in [0.5, 0.6) is 5.75 Å². The number of H-pyrrole nitrogens is 1. The molecule has 4 nitrogen and oxygen atoms in total. The first-order valence-electron chi connectivity index (χ1n) is 7.52. The molecule has 0 spiro atoms. The van der Waals surface area contributed by atoms with E-state index in [4.69, 9.17) is 4.74 Å². The Morgan fingerprint density at radius 2 is 1.86 bits per heavy atom. The van der Waals surface area contributed by atoms with Crippen LogP contribution in [0, 0.1) is 0 Å². The van der Waals surface area contributed by atoms with Gasteiger partial charge in [0.05, 0.1) is 11.8 Å². The standard InChI is InChI=1S/C17H20N2O2/c1-11(2)21-13-9-7-12(8-10-13)16-18-15-6-4-3-5-14(15)17(20)19-16/h7-11H,3-6H2,1-2H3,(H,18,19,20). The second kappa shape index (κ2) is 5.72. The maximum Gasteiger partial charge on any atom is 0.254 e. The third kappa shape index (κ3) is 2.99. The average molecular weight is 284 g/mol. The van der Waals surface area contributed by atoms with Crippen LogP contribution in [0.3, 0.4) is 0 Å². The van der Waals surface area contributed by atoms with Crippen LogP contribution in [0.4, 0.5) is 0 Å². The van der Waals surface area contributed by atoms with E-state index < -0.39 is 0 Å². The molecule has 1 heterocycles. The number of ether oxygens (including phenoxy) is 1. The lowest BCUT2D eigenvalue weighted by Gasteiger charge is -2.15. The molecule has 2 aromatic rings. The number of hydrogen-bond donors (Lipinski definition) is 1. The lowest BCUT2D eigenvalue weighted by molar-refractivity contribution is 0.242. The molecule has 1 aliphatic carbocycles. The number of benzene rings is 1. The van der Waals surface area contributed by atoms with Crippen LogP contribution in [0.25, 0.3) is 11.4 Å². The summed E-state index contributed by atoms with van der Waals surface area (Å²) < 4.78 is 5.63. The minimum absolute atomic E-state index is 0.0113. The van der Waals surface area contributed by atoms with Crippen molar-refractivity contribution in [2.75, 3.05) is 0 Å². The van der Waals surface area contributed by atoms with E-state index in [0.29, 0.717) is 5.82 Å². The summed E-state index contributed by atoms with van der Waals surface area (Å²) in [6, 6.07) is 7.69. The molecule has 0 saturated heterocycles. The van der Waals surface area contributed by atoms with Crippen molar-refractivity contribution in [3.63, 3.8) is 0 Å². The molecule has 1 aromatic heterocycles. The maximum absolute atomic E-state index is 12.2. The predicted molar refractivity (Wildman–Crippen MR) is 82.7 cm³/mol. The van der Waals surface area contributed by atoms with E-state index in [1.807, 2.05) is 38.1 Å². The third-order valence-electron chi connectivity index (χ3n) is 3.69. The number of aryl methyl sites for hydroxylation is 1. The number of aromatic nitrogens is 2. The summed E-state index contributed by atoms with van der Waals surface area (Å²) in [6.07, 6.45) is 4.10. The van der Waals surface area contributed by atoms with Crippen molar-refractivity contribution in [2.45, 2.75) is 45.6 Å². The van der Waals surface area contributed by atoms with Gasteiger partial charge in [-0.1, -0.05) is 0 Å². The normalized spacial score (nSPS) is 14.0. The highest BCUT2D eigenvalue weighted by Gasteiger charge is 2.16. The molecular weight excluding hydrogens is 264 g/mol. The van der Waals surface area contributed by atoms with E-state index in [2.05, 4.69) is 9.97 Å². The predicted octanol–water partition coefficient (Wildman–Crippen LogP) is 3.10. The molecule has 1 aliphatic rings. The van der Waals surface area contributed by atoms with Gasteiger partial charge in [-0.15, -0.1) is 0 Å². The zero-order valence-electron chi connectivity index (χ0n) is 12.5. The number of nitrogens with zero attached hydrogens (tertiary/aromatic N) is 1. The highest BCUT2D eigenvalue weighted by Crippen LogP contribution is 2.22. The fraction of sp³-hybridized carbons (Fsp3) is 0.412. The fourth-order valence-corrected chi connectivity index (χ4v) is 2.70. The Hall–Kier alpha value is -2.10. The quantitative estimate of drug-likeness (QED) is 0.942. The van der Waals surface area contributed by atoms with Crippen LogP contribution in [0.1, 0.15) is 37.9 Å². The van der Waals surface area contributed by atoms with Crippen LogP contribution in [-0.4, -0.2) is 16.1 Å². The summed E-state index contributed by atoms with van der Waals surface area (Å²) in [7, 11) is 0. The average Bonchev–Trinajstić information content (AvgIpc) is 2.47. The highest BCUT2D eigenvalue weighted by atomic mass is 16.5. The number of aromatic amines is 1. The van der Waals surface area contributed by atoms with Gasteiger partial charge in [-0.05, 0) is 63.8 Å². The van der Waals surface area contributed by atoms with E-state index >= 15 is 0 Å². The first-order valence-corrected chi connectivity index (χ1v) is 7.52. The number of hydrogen-bond acceptors (Lipinski definition) is 3. The van der Waals surface area contributed by atoms with E-state index in [1.54, 1.807) is 0 Å². The molecular formula is C17H20N2O2. The van der Waals surface area contributed by atoms with Gasteiger partial charge in [-0.25, -0.2) is 4.98 Å². The minimum atomic E-state index is 0.0113. The molecule has 4 heteroatoms. The second-order valence-electron chi connectivity index (χ2n) is 5.74. The molecule has 0 radical (unpaired) electrons. The SMILES string of the molecule is CC(C)Oc1ccc(-c2nc3c(c(=O)[nH]2)CCCC3)cc1. The third-order valence-corrected chi connectivity index (χ3v) is 3.69. The van der Waals surface area contributed by atoms with Crippen molar-refractivity contribution < 1.29 is 4.74 Å². The Kier molecular flexibility index (Phi) is 3.78. The summed E-state index contributed by atoms with van der Waals surface area (Å²) in [5.41, 5.74) is 2.75. The summed E-state index contributed by atoms with van der Waals surface area (Å²) in [6.45, 7) is 3.99. The van der Waals surface area contributed by atoms with Gasteiger partial charge < -0.3 is 9.72 Å².